The number of nitrogens with one attached hydrogen (secondary N) is 1. The first-order chi connectivity index (χ1) is 15.7. The van der Waals surface area contributed by atoms with Gasteiger partial charge in [0.2, 0.25) is 5.91 Å². The van der Waals surface area contributed by atoms with Crippen LogP contribution in [0.5, 0.6) is 0 Å². The number of nitrogens with two attached hydrogens (primary N) is 1. The van der Waals surface area contributed by atoms with Crippen molar-refractivity contribution in [2.75, 3.05) is 13.1 Å². The first-order valence-electron chi connectivity index (χ1n) is 14.4. The van der Waals surface area contributed by atoms with E-state index in [1.54, 1.807) is 5.57 Å². The minimum absolute atomic E-state index is 0.156. The van der Waals surface area contributed by atoms with Gasteiger partial charge in [0.15, 0.2) is 0 Å². The predicted octanol–water partition coefficient (Wildman–Crippen LogP) is 6.72. The Morgan fingerprint density at radius 2 is 1.88 bits per heavy atom. The molecule has 4 aliphatic rings. The predicted molar refractivity (Wildman–Crippen MR) is 139 cm³/mol. The number of carbonyl (C=O) groups is 1. The molecule has 0 aromatic heterocycles. The first-order valence-corrected chi connectivity index (χ1v) is 14.4. The van der Waals surface area contributed by atoms with E-state index in [0.717, 1.165) is 48.3 Å². The highest BCUT2D eigenvalue weighted by molar-refractivity contribution is 5.79. The van der Waals surface area contributed by atoms with Gasteiger partial charge in [-0.3, -0.25) is 4.79 Å². The second kappa shape index (κ2) is 10.0. The van der Waals surface area contributed by atoms with Crippen molar-refractivity contribution in [3.05, 3.63) is 11.6 Å². The van der Waals surface area contributed by atoms with Gasteiger partial charge in [0.05, 0.1) is 0 Å². The summed E-state index contributed by atoms with van der Waals surface area (Å²) in [6, 6.07) is 0. The maximum absolute atomic E-state index is 12.6. The molecule has 0 radical (unpaired) electrons. The van der Waals surface area contributed by atoms with Gasteiger partial charge in [0.25, 0.3) is 0 Å². The minimum Gasteiger partial charge on any atom is -0.355 e. The number of hydrogen-bond donors (Lipinski definition) is 2. The van der Waals surface area contributed by atoms with Gasteiger partial charge in [0, 0.05) is 19.0 Å². The zero-order valence-corrected chi connectivity index (χ0v) is 22.3. The van der Waals surface area contributed by atoms with Crippen molar-refractivity contribution in [1.82, 2.24) is 5.32 Å². The Balaban J connectivity index is 1.45. The molecular weight excluding hydrogens is 404 g/mol. The molecule has 33 heavy (non-hydrogen) atoms. The maximum Gasteiger partial charge on any atom is 0.223 e. The Morgan fingerprint density at radius 1 is 1.09 bits per heavy atom. The van der Waals surface area contributed by atoms with E-state index in [9.17, 15) is 4.79 Å². The summed E-state index contributed by atoms with van der Waals surface area (Å²) in [7, 11) is 0. The van der Waals surface area contributed by atoms with Crippen molar-refractivity contribution in [2.24, 2.45) is 58.0 Å². The van der Waals surface area contributed by atoms with E-state index in [1.807, 2.05) is 0 Å². The minimum atomic E-state index is 0.156. The molecule has 0 aliphatic heterocycles. The Morgan fingerprint density at radius 3 is 2.61 bits per heavy atom. The number of amides is 1. The fourth-order valence-corrected chi connectivity index (χ4v) is 9.25. The lowest BCUT2D eigenvalue weighted by Gasteiger charge is -2.58. The molecule has 3 saturated carbocycles. The van der Waals surface area contributed by atoms with E-state index in [0.29, 0.717) is 23.9 Å². The van der Waals surface area contributed by atoms with Crippen molar-refractivity contribution >= 4 is 5.91 Å². The molecular formula is C30H52N2O. The second-order valence-electron chi connectivity index (χ2n) is 13.3. The van der Waals surface area contributed by atoms with Crippen molar-refractivity contribution in [3.8, 4) is 0 Å². The standard InChI is InChI=1S/C30H52N2O/c1-20(2)7-6-8-21(3)25-11-12-26-24-10-9-23-19-22(28(33)32-18-17-31)13-15-29(23,4)27(24)14-16-30(25,26)5/h9,20-22,24-27H,6-8,10-19,31H2,1-5H3,(H,32,33). The number of hydrogen-bond acceptors (Lipinski definition) is 2. The number of fused-ring (bicyclic) bond motifs is 5. The van der Waals surface area contributed by atoms with Crippen LogP contribution in [0.2, 0.25) is 0 Å². The van der Waals surface area contributed by atoms with Crippen LogP contribution in [0.15, 0.2) is 11.6 Å². The SMILES string of the molecule is CC(C)CCCC(C)C1CCC2C3CC=C4CC(C(=O)NCCN)CCC4(C)C3CCC12C. The molecule has 0 aromatic carbocycles. The zero-order valence-electron chi connectivity index (χ0n) is 22.3. The summed E-state index contributed by atoms with van der Waals surface area (Å²) in [5, 5.41) is 3.05. The molecule has 3 heteroatoms. The Bertz CT molecular complexity index is 729. The van der Waals surface area contributed by atoms with Gasteiger partial charge in [-0.05, 0) is 97.7 Å². The van der Waals surface area contributed by atoms with Crippen molar-refractivity contribution in [2.45, 2.75) is 105 Å². The molecule has 0 aromatic rings. The fourth-order valence-electron chi connectivity index (χ4n) is 9.25. The molecule has 0 bridgehead atoms. The quantitative estimate of drug-likeness (QED) is 0.398. The topological polar surface area (TPSA) is 55.1 Å². The molecule has 3 nitrogen and oxygen atoms in total. The third kappa shape index (κ3) is 4.69. The third-order valence-corrected chi connectivity index (χ3v) is 11.1. The van der Waals surface area contributed by atoms with Gasteiger partial charge < -0.3 is 11.1 Å². The summed E-state index contributed by atoms with van der Waals surface area (Å²) in [5.74, 6) is 5.64. The molecule has 3 fully saturated rings. The molecule has 0 heterocycles. The number of allylic oxidation sites excluding steroid dienone is 2. The highest BCUT2D eigenvalue weighted by Gasteiger charge is 2.59. The average Bonchev–Trinajstić information content (AvgIpc) is 3.13. The van der Waals surface area contributed by atoms with E-state index in [-0.39, 0.29) is 11.8 Å². The van der Waals surface area contributed by atoms with Crippen molar-refractivity contribution in [3.63, 3.8) is 0 Å². The monoisotopic (exact) mass is 456 g/mol. The Hall–Kier alpha value is -0.830. The molecule has 8 atom stereocenters. The van der Waals surface area contributed by atoms with Gasteiger partial charge in [-0.25, -0.2) is 0 Å². The largest absolute Gasteiger partial charge is 0.355 e. The summed E-state index contributed by atoms with van der Waals surface area (Å²) < 4.78 is 0. The lowest BCUT2D eigenvalue weighted by molar-refractivity contribution is -0.126. The zero-order chi connectivity index (χ0) is 23.8. The first kappa shape index (κ1) is 25.3. The van der Waals surface area contributed by atoms with E-state index in [4.69, 9.17) is 5.73 Å². The summed E-state index contributed by atoms with van der Waals surface area (Å²) in [6.45, 7) is 13.7. The fraction of sp³-hybridized carbons (Fsp3) is 0.900. The van der Waals surface area contributed by atoms with Crippen LogP contribution in [0.4, 0.5) is 0 Å². The van der Waals surface area contributed by atoms with Crippen LogP contribution in [0, 0.1) is 52.3 Å². The molecule has 0 spiro atoms. The van der Waals surface area contributed by atoms with Crippen LogP contribution in [0.1, 0.15) is 105 Å². The molecule has 0 saturated heterocycles. The molecule has 188 valence electrons. The van der Waals surface area contributed by atoms with E-state index < -0.39 is 0 Å². The molecule has 1 amide bonds. The number of rotatable bonds is 8. The molecule has 3 N–H and O–H groups in total. The summed E-state index contributed by atoms with van der Waals surface area (Å²) in [5.41, 5.74) is 8.10. The van der Waals surface area contributed by atoms with Crippen LogP contribution in [0.25, 0.3) is 0 Å². The molecule has 4 rings (SSSR count). The van der Waals surface area contributed by atoms with Gasteiger partial charge in [-0.2, -0.15) is 0 Å². The highest BCUT2D eigenvalue weighted by Crippen LogP contribution is 2.67. The van der Waals surface area contributed by atoms with Crippen molar-refractivity contribution in [1.29, 1.82) is 0 Å². The van der Waals surface area contributed by atoms with Gasteiger partial charge >= 0.3 is 0 Å². The lowest BCUT2D eigenvalue weighted by Crippen LogP contribution is -2.51. The summed E-state index contributed by atoms with van der Waals surface area (Å²) >= 11 is 0. The van der Waals surface area contributed by atoms with E-state index >= 15 is 0 Å². The van der Waals surface area contributed by atoms with Crippen LogP contribution in [-0.4, -0.2) is 19.0 Å². The molecule has 4 aliphatic carbocycles. The normalized spacial score (nSPS) is 41.1. The van der Waals surface area contributed by atoms with Crippen LogP contribution >= 0.6 is 0 Å². The molecule has 8 unspecified atom stereocenters. The Labute approximate surface area is 204 Å². The van der Waals surface area contributed by atoms with Gasteiger partial charge in [-0.1, -0.05) is 65.5 Å². The summed E-state index contributed by atoms with van der Waals surface area (Å²) in [6.07, 6.45) is 17.1. The van der Waals surface area contributed by atoms with E-state index in [1.165, 1.54) is 57.8 Å². The van der Waals surface area contributed by atoms with Crippen LogP contribution in [0.3, 0.4) is 0 Å². The van der Waals surface area contributed by atoms with Crippen LogP contribution < -0.4 is 11.1 Å². The highest BCUT2D eigenvalue weighted by atomic mass is 16.1. The van der Waals surface area contributed by atoms with Crippen LogP contribution in [-0.2, 0) is 4.79 Å². The number of carbonyl (C=O) groups excluding carboxylic acids is 1. The Kier molecular flexibility index (Phi) is 7.68. The summed E-state index contributed by atoms with van der Waals surface area (Å²) in [4.78, 5) is 12.6. The van der Waals surface area contributed by atoms with Crippen molar-refractivity contribution < 1.29 is 4.79 Å². The maximum atomic E-state index is 12.6. The third-order valence-electron chi connectivity index (χ3n) is 11.1. The average molecular weight is 457 g/mol. The smallest absolute Gasteiger partial charge is 0.223 e. The van der Waals surface area contributed by atoms with E-state index in [2.05, 4.69) is 46.0 Å². The van der Waals surface area contributed by atoms with Gasteiger partial charge in [0.1, 0.15) is 0 Å². The lowest BCUT2D eigenvalue weighted by atomic mass is 9.46. The van der Waals surface area contributed by atoms with Gasteiger partial charge in [-0.15, -0.1) is 0 Å². The second-order valence-corrected chi connectivity index (χ2v) is 13.3.